The molecule has 0 bridgehead atoms. The van der Waals surface area contributed by atoms with Crippen molar-refractivity contribution < 1.29 is 49.3 Å². The summed E-state index contributed by atoms with van der Waals surface area (Å²) in [5.74, 6) is -1.19. The summed E-state index contributed by atoms with van der Waals surface area (Å²) in [6.45, 7) is 5.79. The summed E-state index contributed by atoms with van der Waals surface area (Å²) in [4.78, 5) is 26.6. The molecule has 1 heterocycles. The number of hydrogen-bond donors (Lipinski definition) is 6. The predicted molar refractivity (Wildman–Crippen MR) is 329 cm³/mol. The number of aliphatic hydroxyl groups excluding tert-OH is 5. The first kappa shape index (κ1) is 74.6. The van der Waals surface area contributed by atoms with Gasteiger partial charge in [0.05, 0.1) is 25.4 Å². The molecule has 8 unspecified atom stereocenters. The van der Waals surface area contributed by atoms with E-state index in [-0.39, 0.29) is 19.4 Å². The molecule has 1 fully saturated rings. The van der Waals surface area contributed by atoms with E-state index in [9.17, 15) is 35.1 Å². The van der Waals surface area contributed by atoms with Crippen LogP contribution in [-0.4, -0.2) is 99.6 Å². The fourth-order valence-corrected chi connectivity index (χ4v) is 10.4. The lowest BCUT2D eigenvalue weighted by atomic mass is 9.99. The molecule has 79 heavy (non-hydrogen) atoms. The lowest BCUT2D eigenvalue weighted by Crippen LogP contribution is -2.61. The van der Waals surface area contributed by atoms with Gasteiger partial charge in [-0.05, 0) is 64.2 Å². The largest absolute Gasteiger partial charge is 0.454 e. The number of carbonyl (C=O) groups is 2. The second kappa shape index (κ2) is 56.1. The number of hydrogen-bond acceptors (Lipinski definition) is 10. The molecule has 1 aliphatic rings. The van der Waals surface area contributed by atoms with Crippen LogP contribution in [0.2, 0.25) is 0 Å². The molecule has 0 radical (unpaired) electrons. The van der Waals surface area contributed by atoms with Crippen molar-refractivity contribution in [3.8, 4) is 0 Å². The lowest BCUT2D eigenvalue weighted by molar-refractivity contribution is -0.305. The predicted octanol–water partition coefficient (Wildman–Crippen LogP) is 16.4. The molecule has 1 saturated heterocycles. The number of amides is 1. The van der Waals surface area contributed by atoms with Crippen LogP contribution in [0.3, 0.4) is 0 Å². The molecule has 462 valence electrons. The summed E-state index contributed by atoms with van der Waals surface area (Å²) < 4.78 is 17.6. The van der Waals surface area contributed by atoms with Crippen LogP contribution in [0, 0.1) is 0 Å². The Hall–Kier alpha value is -2.38. The first-order valence-electron chi connectivity index (χ1n) is 33.4. The van der Waals surface area contributed by atoms with Gasteiger partial charge in [0.1, 0.15) is 24.4 Å². The van der Waals surface area contributed by atoms with Crippen molar-refractivity contribution in [2.24, 2.45) is 0 Å². The van der Waals surface area contributed by atoms with E-state index in [2.05, 4.69) is 62.5 Å². The van der Waals surface area contributed by atoms with Crippen LogP contribution in [0.25, 0.3) is 0 Å². The maximum absolute atomic E-state index is 13.5. The van der Waals surface area contributed by atoms with Crippen molar-refractivity contribution in [2.45, 2.75) is 359 Å². The maximum Gasteiger partial charge on any atom is 0.306 e. The summed E-state index contributed by atoms with van der Waals surface area (Å²) in [5, 5.41) is 57.1. The van der Waals surface area contributed by atoms with Crippen molar-refractivity contribution in [1.82, 2.24) is 5.32 Å². The molecule has 0 spiro atoms. The zero-order valence-electron chi connectivity index (χ0n) is 51.2. The number of rotatable bonds is 57. The minimum atomic E-state index is -1.61. The standard InChI is InChI=1S/C68H125NO10/c1-4-7-10-13-16-19-22-25-26-27-28-29-30-31-32-33-34-35-38-40-43-46-49-52-55-61(72)67(76)69-59(60(71)54-51-48-45-42-39-36-23-20-17-14-11-8-5-2)58-77-68-66(65(75)64(74)62(57-70)78-68)79-63(73)56-53-50-47-44-41-37-24-21-18-15-12-9-6-3/h16,19,25-26,28-29,51,54,59-62,64-66,68,70-72,74-75H,4-15,17-18,20-24,27,30-50,52-53,55-58H2,1-3H3,(H,69,76)/b19-16-,26-25-,29-28-,54-51+. The van der Waals surface area contributed by atoms with E-state index in [4.69, 9.17) is 14.2 Å². The van der Waals surface area contributed by atoms with Crippen LogP contribution < -0.4 is 5.32 Å². The van der Waals surface area contributed by atoms with Gasteiger partial charge in [0, 0.05) is 6.42 Å². The molecule has 8 atom stereocenters. The van der Waals surface area contributed by atoms with Gasteiger partial charge in [0.15, 0.2) is 12.4 Å². The number of carbonyl (C=O) groups excluding carboxylic acids is 2. The Labute approximate surface area is 485 Å². The summed E-state index contributed by atoms with van der Waals surface area (Å²) >= 11 is 0. The van der Waals surface area contributed by atoms with Crippen molar-refractivity contribution in [1.29, 1.82) is 0 Å². The van der Waals surface area contributed by atoms with Gasteiger partial charge in [-0.2, -0.15) is 0 Å². The Kier molecular flexibility index (Phi) is 53.0. The number of nitrogens with one attached hydrogen (secondary N) is 1. The average molecular weight is 1120 g/mol. The molecular formula is C68H125NO10. The normalized spacial score (nSPS) is 19.1. The van der Waals surface area contributed by atoms with E-state index < -0.39 is 67.4 Å². The van der Waals surface area contributed by atoms with Crippen LogP contribution >= 0.6 is 0 Å². The first-order chi connectivity index (χ1) is 38.7. The van der Waals surface area contributed by atoms with Crippen molar-refractivity contribution >= 4 is 11.9 Å². The van der Waals surface area contributed by atoms with Gasteiger partial charge in [-0.3, -0.25) is 9.59 Å². The van der Waals surface area contributed by atoms with E-state index in [0.717, 1.165) is 77.0 Å². The molecule has 0 saturated carbocycles. The molecule has 0 aromatic rings. The van der Waals surface area contributed by atoms with Gasteiger partial charge in [-0.15, -0.1) is 0 Å². The minimum absolute atomic E-state index is 0.127. The highest BCUT2D eigenvalue weighted by Gasteiger charge is 2.47. The third-order valence-electron chi connectivity index (χ3n) is 15.7. The second-order valence-corrected chi connectivity index (χ2v) is 23.2. The topological polar surface area (TPSA) is 175 Å². The molecule has 11 heteroatoms. The lowest BCUT2D eigenvalue weighted by Gasteiger charge is -2.41. The molecule has 1 rings (SSSR count). The zero-order valence-corrected chi connectivity index (χ0v) is 51.2. The summed E-state index contributed by atoms with van der Waals surface area (Å²) in [7, 11) is 0. The van der Waals surface area contributed by atoms with E-state index in [1.807, 2.05) is 6.08 Å². The fourth-order valence-electron chi connectivity index (χ4n) is 10.4. The highest BCUT2D eigenvalue weighted by molar-refractivity contribution is 5.80. The SMILES string of the molecule is CCCCC/C=C\C/C=C\C/C=C\CCCCCCCCCCCCCC(O)C(=O)NC(COC1OC(CO)C(O)C(O)C1OC(=O)CCCCCCCCCCCCCCC)C(O)/C=C/CCCCCCCCCCCCC. The average Bonchev–Trinajstić information content (AvgIpc) is 3.48. The highest BCUT2D eigenvalue weighted by Crippen LogP contribution is 2.26. The Balaban J connectivity index is 2.61. The van der Waals surface area contributed by atoms with Gasteiger partial charge in [-0.1, -0.05) is 288 Å². The molecule has 1 amide bonds. The van der Waals surface area contributed by atoms with Crippen LogP contribution in [0.15, 0.2) is 48.6 Å². The van der Waals surface area contributed by atoms with Gasteiger partial charge >= 0.3 is 5.97 Å². The van der Waals surface area contributed by atoms with Crippen LogP contribution in [-0.2, 0) is 23.8 Å². The maximum atomic E-state index is 13.5. The van der Waals surface area contributed by atoms with Crippen LogP contribution in [0.1, 0.15) is 310 Å². The number of unbranched alkanes of at least 4 members (excludes halogenated alkanes) is 37. The van der Waals surface area contributed by atoms with Gasteiger partial charge in [0.25, 0.3) is 0 Å². The third kappa shape index (κ3) is 43.9. The van der Waals surface area contributed by atoms with Crippen LogP contribution in [0.4, 0.5) is 0 Å². The van der Waals surface area contributed by atoms with Gasteiger partial charge < -0.3 is 45.1 Å². The number of esters is 1. The van der Waals surface area contributed by atoms with Gasteiger partial charge in [-0.25, -0.2) is 0 Å². The number of ether oxygens (including phenoxy) is 3. The fraction of sp³-hybridized carbons (Fsp3) is 0.853. The quantitative estimate of drug-likeness (QED) is 0.0195. The smallest absolute Gasteiger partial charge is 0.306 e. The molecule has 0 aromatic heterocycles. The van der Waals surface area contributed by atoms with Crippen molar-refractivity contribution in [3.05, 3.63) is 48.6 Å². The van der Waals surface area contributed by atoms with Crippen molar-refractivity contribution in [2.75, 3.05) is 13.2 Å². The van der Waals surface area contributed by atoms with E-state index in [1.54, 1.807) is 6.08 Å². The molecule has 11 nitrogen and oxygen atoms in total. The Morgan fingerprint density at radius 2 is 0.873 bits per heavy atom. The summed E-state index contributed by atoms with van der Waals surface area (Å²) in [6, 6.07) is -1.02. The number of allylic oxidation sites excluding steroid dienone is 7. The molecule has 6 N–H and O–H groups in total. The third-order valence-corrected chi connectivity index (χ3v) is 15.7. The Morgan fingerprint density at radius 1 is 0.494 bits per heavy atom. The molecule has 0 aromatic carbocycles. The summed E-state index contributed by atoms with van der Waals surface area (Å²) in [6.07, 6.45) is 58.6. The molecule has 0 aliphatic carbocycles. The first-order valence-corrected chi connectivity index (χ1v) is 33.4. The number of aliphatic hydroxyl groups is 5. The summed E-state index contributed by atoms with van der Waals surface area (Å²) in [5.41, 5.74) is 0. The highest BCUT2D eigenvalue weighted by atomic mass is 16.7. The van der Waals surface area contributed by atoms with Crippen LogP contribution in [0.5, 0.6) is 0 Å². The molecular weight excluding hydrogens is 991 g/mol. The molecule has 1 aliphatic heterocycles. The Bertz CT molecular complexity index is 1470. The van der Waals surface area contributed by atoms with E-state index in [0.29, 0.717) is 12.8 Å². The van der Waals surface area contributed by atoms with E-state index >= 15 is 0 Å². The van der Waals surface area contributed by atoms with Gasteiger partial charge in [0.2, 0.25) is 5.91 Å². The minimum Gasteiger partial charge on any atom is -0.454 e. The van der Waals surface area contributed by atoms with Crippen molar-refractivity contribution in [3.63, 3.8) is 0 Å². The van der Waals surface area contributed by atoms with E-state index in [1.165, 1.54) is 186 Å². The Morgan fingerprint density at radius 3 is 1.33 bits per heavy atom. The monoisotopic (exact) mass is 1120 g/mol. The second-order valence-electron chi connectivity index (χ2n) is 23.2. The zero-order chi connectivity index (χ0) is 57.5.